The topological polar surface area (TPSA) is 92.6 Å². The number of hydrogen-bond donors (Lipinski definition) is 3. The van der Waals surface area contributed by atoms with E-state index < -0.39 is 18.1 Å². The van der Waals surface area contributed by atoms with Gasteiger partial charge in [0.25, 0.3) is 0 Å². The summed E-state index contributed by atoms with van der Waals surface area (Å²) in [6.07, 6.45) is 21.0. The van der Waals surface area contributed by atoms with Crippen molar-refractivity contribution in [1.29, 1.82) is 0 Å². The van der Waals surface area contributed by atoms with Crippen LogP contribution in [-0.2, 0) is 4.79 Å². The fourth-order valence-electron chi connectivity index (χ4n) is 4.11. The highest BCUT2D eigenvalue weighted by Gasteiger charge is 2.30. The standard InChI is InChI=1S/C24H51N3O2/c1-4-5-6-7-8-9-10-11-12-13-14-15-16-17-18-19-20-27(22(3)26)23(21(2)25)24(28)29/h21-23H,4-20,25-26H2,1-3H3,(H,28,29). The molecule has 0 radical (unpaired) electrons. The Labute approximate surface area is 181 Å². The average Bonchev–Trinajstić information content (AvgIpc) is 2.65. The second-order valence-electron chi connectivity index (χ2n) is 8.92. The minimum Gasteiger partial charge on any atom is -0.480 e. The summed E-state index contributed by atoms with van der Waals surface area (Å²) in [5.74, 6) is -0.881. The zero-order valence-electron chi connectivity index (χ0n) is 19.7. The van der Waals surface area contributed by atoms with Gasteiger partial charge in [0.1, 0.15) is 6.04 Å². The molecule has 3 unspecified atom stereocenters. The van der Waals surface area contributed by atoms with E-state index in [9.17, 15) is 9.90 Å². The number of rotatable bonds is 21. The molecule has 0 saturated heterocycles. The Bertz CT molecular complexity index is 375. The van der Waals surface area contributed by atoms with Crippen LogP contribution in [0.1, 0.15) is 124 Å². The number of carbonyl (C=O) groups is 1. The molecular formula is C24H51N3O2. The first kappa shape index (κ1) is 28.4. The molecule has 3 atom stereocenters. The summed E-state index contributed by atoms with van der Waals surface area (Å²) in [4.78, 5) is 13.3. The molecule has 0 amide bonds. The van der Waals surface area contributed by atoms with Crippen LogP contribution in [0.2, 0.25) is 0 Å². The van der Waals surface area contributed by atoms with Gasteiger partial charge in [-0.1, -0.05) is 103 Å². The predicted molar refractivity (Wildman–Crippen MR) is 125 cm³/mol. The van der Waals surface area contributed by atoms with E-state index in [2.05, 4.69) is 6.92 Å². The highest BCUT2D eigenvalue weighted by molar-refractivity contribution is 5.74. The van der Waals surface area contributed by atoms with Gasteiger partial charge in [-0.05, 0) is 20.3 Å². The van der Waals surface area contributed by atoms with Crippen LogP contribution in [0.25, 0.3) is 0 Å². The van der Waals surface area contributed by atoms with E-state index in [1.54, 1.807) is 6.92 Å². The quantitative estimate of drug-likeness (QED) is 0.167. The molecule has 0 rings (SSSR count). The second kappa shape index (κ2) is 19.3. The number of carboxylic acids is 1. The predicted octanol–water partition coefficient (Wildman–Crippen LogP) is 5.66. The van der Waals surface area contributed by atoms with E-state index in [-0.39, 0.29) is 6.17 Å². The molecule has 5 nitrogen and oxygen atoms in total. The van der Waals surface area contributed by atoms with Crippen molar-refractivity contribution in [2.75, 3.05) is 6.54 Å². The Kier molecular flexibility index (Phi) is 18.9. The molecule has 0 heterocycles. The molecule has 0 aliphatic heterocycles. The van der Waals surface area contributed by atoms with Crippen LogP contribution >= 0.6 is 0 Å². The maximum Gasteiger partial charge on any atom is 0.322 e. The van der Waals surface area contributed by atoms with Gasteiger partial charge in [-0.25, -0.2) is 0 Å². The van der Waals surface area contributed by atoms with E-state index in [1.165, 1.54) is 89.9 Å². The lowest BCUT2D eigenvalue weighted by Crippen LogP contribution is -2.57. The van der Waals surface area contributed by atoms with Crippen molar-refractivity contribution in [2.24, 2.45) is 11.5 Å². The first-order valence-corrected chi connectivity index (χ1v) is 12.4. The molecule has 0 aromatic carbocycles. The van der Waals surface area contributed by atoms with Crippen molar-refractivity contribution in [1.82, 2.24) is 4.90 Å². The molecule has 0 bridgehead atoms. The summed E-state index contributed by atoms with van der Waals surface area (Å²) in [5, 5.41) is 9.42. The summed E-state index contributed by atoms with van der Waals surface area (Å²) in [6.45, 7) is 6.55. The number of unbranched alkanes of at least 4 members (excludes halogenated alkanes) is 15. The minimum atomic E-state index is -0.881. The molecule has 0 fully saturated rings. The van der Waals surface area contributed by atoms with E-state index in [1.807, 2.05) is 11.8 Å². The van der Waals surface area contributed by atoms with Crippen LogP contribution in [0.3, 0.4) is 0 Å². The van der Waals surface area contributed by atoms with E-state index in [4.69, 9.17) is 11.5 Å². The number of aliphatic carboxylic acids is 1. The summed E-state index contributed by atoms with van der Waals surface area (Å²) >= 11 is 0. The highest BCUT2D eigenvalue weighted by atomic mass is 16.4. The molecule has 0 aliphatic rings. The smallest absolute Gasteiger partial charge is 0.322 e. The van der Waals surface area contributed by atoms with Crippen LogP contribution in [-0.4, -0.2) is 40.8 Å². The molecule has 0 aromatic rings. The third kappa shape index (κ3) is 15.8. The normalized spacial score (nSPS) is 14.8. The van der Waals surface area contributed by atoms with Gasteiger partial charge in [-0.3, -0.25) is 9.69 Å². The van der Waals surface area contributed by atoms with Gasteiger partial charge in [0.05, 0.1) is 6.17 Å². The van der Waals surface area contributed by atoms with Gasteiger partial charge < -0.3 is 16.6 Å². The summed E-state index contributed by atoms with van der Waals surface area (Å²) in [5.41, 5.74) is 11.8. The van der Waals surface area contributed by atoms with Crippen molar-refractivity contribution in [3.63, 3.8) is 0 Å². The third-order valence-electron chi connectivity index (χ3n) is 5.90. The Morgan fingerprint density at radius 2 is 1.07 bits per heavy atom. The number of nitrogens with zero attached hydrogens (tertiary/aromatic N) is 1. The molecule has 0 saturated carbocycles. The monoisotopic (exact) mass is 413 g/mol. The SMILES string of the molecule is CCCCCCCCCCCCCCCCCCN(C(C)N)C(C(=O)O)C(C)N. The molecular weight excluding hydrogens is 362 g/mol. The summed E-state index contributed by atoms with van der Waals surface area (Å²) in [7, 11) is 0. The molecule has 5 heteroatoms. The van der Waals surface area contributed by atoms with Gasteiger partial charge in [0.2, 0.25) is 0 Å². The van der Waals surface area contributed by atoms with Crippen LogP contribution in [0.15, 0.2) is 0 Å². The fraction of sp³-hybridized carbons (Fsp3) is 0.958. The van der Waals surface area contributed by atoms with Crippen molar-refractivity contribution in [3.8, 4) is 0 Å². The summed E-state index contributed by atoms with van der Waals surface area (Å²) < 4.78 is 0. The molecule has 5 N–H and O–H groups in total. The molecule has 29 heavy (non-hydrogen) atoms. The lowest BCUT2D eigenvalue weighted by Gasteiger charge is -2.34. The maximum absolute atomic E-state index is 11.5. The van der Waals surface area contributed by atoms with Crippen LogP contribution in [0.5, 0.6) is 0 Å². The van der Waals surface area contributed by atoms with Crippen molar-refractivity contribution >= 4 is 5.97 Å². The van der Waals surface area contributed by atoms with E-state index >= 15 is 0 Å². The minimum absolute atomic E-state index is 0.293. The van der Waals surface area contributed by atoms with Gasteiger partial charge >= 0.3 is 5.97 Å². The summed E-state index contributed by atoms with van der Waals surface area (Å²) in [6, 6.07) is -1.13. The van der Waals surface area contributed by atoms with Gasteiger partial charge in [-0.2, -0.15) is 0 Å². The zero-order valence-corrected chi connectivity index (χ0v) is 19.7. The number of nitrogens with two attached hydrogens (primary N) is 2. The molecule has 0 spiro atoms. The molecule has 174 valence electrons. The zero-order chi connectivity index (χ0) is 21.9. The fourth-order valence-corrected chi connectivity index (χ4v) is 4.11. The Hall–Kier alpha value is -0.650. The highest BCUT2D eigenvalue weighted by Crippen LogP contribution is 2.14. The van der Waals surface area contributed by atoms with Gasteiger partial charge in [0, 0.05) is 12.6 Å². The van der Waals surface area contributed by atoms with Crippen molar-refractivity contribution < 1.29 is 9.90 Å². The lowest BCUT2D eigenvalue weighted by atomic mass is 10.0. The van der Waals surface area contributed by atoms with Crippen molar-refractivity contribution in [3.05, 3.63) is 0 Å². The number of carboxylic acid groups (broad SMARTS) is 1. The van der Waals surface area contributed by atoms with Crippen molar-refractivity contribution in [2.45, 2.75) is 142 Å². The Balaban J connectivity index is 3.57. The molecule has 0 aromatic heterocycles. The first-order chi connectivity index (χ1) is 13.9. The second-order valence-corrected chi connectivity index (χ2v) is 8.92. The van der Waals surface area contributed by atoms with E-state index in [0.717, 1.165) is 12.8 Å². The Morgan fingerprint density at radius 1 is 0.724 bits per heavy atom. The van der Waals surface area contributed by atoms with E-state index in [0.29, 0.717) is 6.54 Å². The third-order valence-corrected chi connectivity index (χ3v) is 5.90. The van der Waals surface area contributed by atoms with Crippen LogP contribution < -0.4 is 11.5 Å². The Morgan fingerprint density at radius 3 is 1.34 bits per heavy atom. The van der Waals surface area contributed by atoms with Crippen LogP contribution in [0.4, 0.5) is 0 Å². The van der Waals surface area contributed by atoms with Gasteiger partial charge in [-0.15, -0.1) is 0 Å². The van der Waals surface area contributed by atoms with Crippen LogP contribution in [0, 0.1) is 0 Å². The first-order valence-electron chi connectivity index (χ1n) is 12.4. The molecule has 0 aliphatic carbocycles. The van der Waals surface area contributed by atoms with Gasteiger partial charge in [0.15, 0.2) is 0 Å². The lowest BCUT2D eigenvalue weighted by molar-refractivity contribution is -0.145. The largest absolute Gasteiger partial charge is 0.480 e. The number of hydrogen-bond acceptors (Lipinski definition) is 4. The average molecular weight is 414 g/mol. The maximum atomic E-state index is 11.5.